The lowest BCUT2D eigenvalue weighted by molar-refractivity contribution is 0.187. The van der Waals surface area contributed by atoms with Crippen LogP contribution in [0.5, 0.6) is 0 Å². The molecule has 0 fully saturated rings. The molecular formula is C17H27N3. The van der Waals surface area contributed by atoms with Crippen molar-refractivity contribution in [3.8, 4) is 6.07 Å². The zero-order valence-electron chi connectivity index (χ0n) is 13.4. The van der Waals surface area contributed by atoms with Gasteiger partial charge in [-0.1, -0.05) is 58.0 Å². The summed E-state index contributed by atoms with van der Waals surface area (Å²) in [4.78, 5) is 2.24. The third kappa shape index (κ3) is 4.63. The van der Waals surface area contributed by atoms with Crippen LogP contribution in [0.1, 0.15) is 33.3 Å². The van der Waals surface area contributed by atoms with Gasteiger partial charge in [0.15, 0.2) is 0 Å². The van der Waals surface area contributed by atoms with Crippen LogP contribution in [0, 0.1) is 16.7 Å². The number of hydrogen-bond donors (Lipinski definition) is 1. The van der Waals surface area contributed by atoms with Gasteiger partial charge in [-0.15, -0.1) is 0 Å². The lowest BCUT2D eigenvalue weighted by atomic mass is 9.89. The third-order valence-electron chi connectivity index (χ3n) is 3.19. The molecule has 1 atom stereocenters. The van der Waals surface area contributed by atoms with Gasteiger partial charge in [-0.05, 0) is 24.6 Å². The normalized spacial score (nSPS) is 14.8. The van der Waals surface area contributed by atoms with Crippen LogP contribution in [0.2, 0.25) is 0 Å². The number of likely N-dealkylation sites (N-methyl/N-ethyl adjacent to an activating group) is 2. The van der Waals surface area contributed by atoms with Crippen LogP contribution in [-0.2, 0) is 5.54 Å². The molecule has 0 amide bonds. The van der Waals surface area contributed by atoms with Gasteiger partial charge >= 0.3 is 0 Å². The van der Waals surface area contributed by atoms with Crippen LogP contribution in [0.4, 0.5) is 0 Å². The maximum Gasteiger partial charge on any atom is 0.145 e. The first-order valence-corrected chi connectivity index (χ1v) is 7.23. The van der Waals surface area contributed by atoms with Crippen molar-refractivity contribution < 1.29 is 0 Å². The van der Waals surface area contributed by atoms with Gasteiger partial charge in [-0.3, -0.25) is 5.32 Å². The molecule has 1 aromatic rings. The van der Waals surface area contributed by atoms with E-state index >= 15 is 0 Å². The molecular weight excluding hydrogens is 246 g/mol. The summed E-state index contributed by atoms with van der Waals surface area (Å²) in [6, 6.07) is 12.5. The van der Waals surface area contributed by atoms with E-state index in [1.165, 1.54) is 0 Å². The maximum absolute atomic E-state index is 9.77. The second-order valence-electron chi connectivity index (χ2n) is 6.65. The minimum absolute atomic E-state index is 0.221. The first-order valence-electron chi connectivity index (χ1n) is 7.23. The van der Waals surface area contributed by atoms with E-state index in [0.717, 1.165) is 18.7 Å². The highest BCUT2D eigenvalue weighted by Gasteiger charge is 2.33. The van der Waals surface area contributed by atoms with E-state index in [4.69, 9.17) is 0 Å². The molecule has 0 aromatic heterocycles. The van der Waals surface area contributed by atoms with E-state index in [0.29, 0.717) is 6.54 Å². The van der Waals surface area contributed by atoms with E-state index < -0.39 is 5.54 Å². The largest absolute Gasteiger partial charge is 0.303 e. The average Bonchev–Trinajstić information content (AvgIpc) is 2.37. The Morgan fingerprint density at radius 3 is 2.20 bits per heavy atom. The zero-order valence-corrected chi connectivity index (χ0v) is 13.4. The Bertz CT molecular complexity index is 442. The summed E-state index contributed by atoms with van der Waals surface area (Å²) in [6.07, 6.45) is 0. The highest BCUT2D eigenvalue weighted by Crippen LogP contribution is 2.23. The van der Waals surface area contributed by atoms with E-state index in [1.54, 1.807) is 0 Å². The Morgan fingerprint density at radius 2 is 1.75 bits per heavy atom. The Morgan fingerprint density at radius 1 is 1.15 bits per heavy atom. The summed E-state index contributed by atoms with van der Waals surface area (Å²) in [7, 11) is 2.08. The number of nitriles is 1. The fourth-order valence-corrected chi connectivity index (χ4v) is 2.68. The minimum atomic E-state index is -0.643. The number of nitrogens with zero attached hydrogens (tertiary/aromatic N) is 2. The van der Waals surface area contributed by atoms with Crippen LogP contribution in [0.3, 0.4) is 0 Å². The van der Waals surface area contributed by atoms with Crippen molar-refractivity contribution in [2.45, 2.75) is 33.2 Å². The van der Waals surface area contributed by atoms with Gasteiger partial charge in [0.05, 0.1) is 6.07 Å². The van der Waals surface area contributed by atoms with Crippen LogP contribution >= 0.6 is 0 Å². The van der Waals surface area contributed by atoms with Crippen molar-refractivity contribution in [3.05, 3.63) is 35.9 Å². The fraction of sp³-hybridized carbons (Fsp3) is 0.588. The molecule has 1 aromatic carbocycles. The monoisotopic (exact) mass is 273 g/mol. The summed E-state index contributed by atoms with van der Waals surface area (Å²) in [5, 5.41) is 13.1. The quantitative estimate of drug-likeness (QED) is 0.866. The molecule has 0 spiro atoms. The Kier molecular flexibility index (Phi) is 5.74. The Hall–Kier alpha value is -1.37. The van der Waals surface area contributed by atoms with Crippen molar-refractivity contribution >= 4 is 0 Å². The molecule has 3 nitrogen and oxygen atoms in total. The lowest BCUT2D eigenvalue weighted by Gasteiger charge is -2.35. The molecule has 0 saturated heterocycles. The summed E-state index contributed by atoms with van der Waals surface area (Å²) in [5.74, 6) is 0. The van der Waals surface area contributed by atoms with E-state index in [2.05, 4.69) is 44.1 Å². The third-order valence-corrected chi connectivity index (χ3v) is 3.19. The average molecular weight is 273 g/mol. The molecule has 110 valence electrons. The summed E-state index contributed by atoms with van der Waals surface area (Å²) < 4.78 is 0. The minimum Gasteiger partial charge on any atom is -0.303 e. The number of nitrogens with one attached hydrogen (secondary N) is 1. The molecule has 20 heavy (non-hydrogen) atoms. The maximum atomic E-state index is 9.77. The van der Waals surface area contributed by atoms with Crippen molar-refractivity contribution in [2.24, 2.45) is 5.41 Å². The van der Waals surface area contributed by atoms with Crippen LogP contribution in [0.25, 0.3) is 0 Å². The summed E-state index contributed by atoms with van der Waals surface area (Å²) >= 11 is 0. The molecule has 0 aliphatic carbocycles. The van der Waals surface area contributed by atoms with Gasteiger partial charge in [-0.25, -0.2) is 0 Å². The smallest absolute Gasteiger partial charge is 0.145 e. The topological polar surface area (TPSA) is 39.1 Å². The molecule has 0 bridgehead atoms. The SMILES string of the molecule is CCNC(C#N)(CN(C)CC(C)(C)C)c1ccccc1. The van der Waals surface area contributed by atoms with Gasteiger partial charge in [0.2, 0.25) is 0 Å². The van der Waals surface area contributed by atoms with Gasteiger partial charge in [0, 0.05) is 13.1 Å². The molecule has 1 N–H and O–H groups in total. The fourth-order valence-electron chi connectivity index (χ4n) is 2.68. The van der Waals surface area contributed by atoms with Crippen molar-refractivity contribution in [3.63, 3.8) is 0 Å². The van der Waals surface area contributed by atoms with Crippen molar-refractivity contribution in [1.29, 1.82) is 5.26 Å². The van der Waals surface area contributed by atoms with Crippen LogP contribution < -0.4 is 5.32 Å². The van der Waals surface area contributed by atoms with Crippen molar-refractivity contribution in [2.75, 3.05) is 26.7 Å². The van der Waals surface area contributed by atoms with E-state index in [-0.39, 0.29) is 5.41 Å². The highest BCUT2D eigenvalue weighted by molar-refractivity contribution is 5.32. The van der Waals surface area contributed by atoms with Crippen molar-refractivity contribution in [1.82, 2.24) is 10.2 Å². The molecule has 3 heteroatoms. The number of benzene rings is 1. The first kappa shape index (κ1) is 16.7. The van der Waals surface area contributed by atoms with E-state index in [1.807, 2.05) is 37.3 Å². The molecule has 0 radical (unpaired) electrons. The lowest BCUT2D eigenvalue weighted by Crippen LogP contribution is -2.50. The molecule has 0 heterocycles. The Balaban J connectivity index is 2.99. The second-order valence-corrected chi connectivity index (χ2v) is 6.65. The summed E-state index contributed by atoms with van der Waals surface area (Å²) in [6.45, 7) is 11.1. The second kappa shape index (κ2) is 6.88. The molecule has 0 saturated carbocycles. The molecule has 1 unspecified atom stereocenters. The van der Waals surface area contributed by atoms with Gasteiger partial charge in [0.1, 0.15) is 5.54 Å². The predicted molar refractivity (Wildman–Crippen MR) is 84.4 cm³/mol. The van der Waals surface area contributed by atoms with Gasteiger partial charge < -0.3 is 4.90 Å². The molecule has 0 aliphatic rings. The first-order chi connectivity index (χ1) is 9.33. The number of hydrogen-bond acceptors (Lipinski definition) is 3. The van der Waals surface area contributed by atoms with Crippen LogP contribution in [-0.4, -0.2) is 31.6 Å². The van der Waals surface area contributed by atoms with E-state index in [9.17, 15) is 5.26 Å². The zero-order chi connectivity index (χ0) is 15.2. The Labute approximate surface area is 123 Å². The summed E-state index contributed by atoms with van der Waals surface area (Å²) in [5.41, 5.74) is 0.611. The van der Waals surface area contributed by atoms with Gasteiger partial charge in [-0.2, -0.15) is 5.26 Å². The standard InChI is InChI=1S/C17H27N3/c1-6-19-17(12-18,15-10-8-7-9-11-15)14-20(5)13-16(2,3)4/h7-11,19H,6,13-14H2,1-5H3. The molecule has 1 rings (SSSR count). The highest BCUT2D eigenvalue weighted by atomic mass is 15.2. The number of rotatable bonds is 6. The molecule has 0 aliphatic heterocycles. The predicted octanol–water partition coefficient (Wildman–Crippen LogP) is 2.99. The van der Waals surface area contributed by atoms with Crippen LogP contribution in [0.15, 0.2) is 30.3 Å². The van der Waals surface area contributed by atoms with Gasteiger partial charge in [0.25, 0.3) is 0 Å².